The number of ether oxygens (including phenoxy) is 3. The van der Waals surface area contributed by atoms with Crippen molar-refractivity contribution in [3.05, 3.63) is 24.3 Å². The van der Waals surface area contributed by atoms with Gasteiger partial charge in [0.05, 0.1) is 40.3 Å². The van der Waals surface area contributed by atoms with Crippen molar-refractivity contribution >= 4 is 17.9 Å². The Kier molecular flexibility index (Phi) is 28.7. The third-order valence-corrected chi connectivity index (χ3v) is 8.06. The van der Waals surface area contributed by atoms with Crippen LogP contribution in [-0.2, 0) is 28.6 Å². The number of rotatable bonds is 32. The molecule has 0 rings (SSSR count). The topological polar surface area (TPSA) is 102 Å². The molecule has 0 aromatic heterocycles. The van der Waals surface area contributed by atoms with Crippen molar-refractivity contribution in [1.82, 2.24) is 0 Å². The molecule has 0 aliphatic rings. The number of carbonyl (C=O) groups excluding carboxylic acids is 3. The number of quaternary nitrogens is 1. The van der Waals surface area contributed by atoms with E-state index in [-0.39, 0.29) is 42.7 Å². The lowest BCUT2D eigenvalue weighted by molar-refractivity contribution is -0.889. The molecule has 0 aromatic carbocycles. The van der Waals surface area contributed by atoms with Crippen LogP contribution in [0.4, 0.5) is 0 Å². The van der Waals surface area contributed by atoms with Gasteiger partial charge < -0.3 is 28.6 Å². The molecule has 8 nitrogen and oxygen atoms in total. The molecule has 46 heavy (non-hydrogen) atoms. The third kappa shape index (κ3) is 28.1. The lowest BCUT2D eigenvalue weighted by atomic mass is 10.1. The fourth-order valence-electron chi connectivity index (χ4n) is 5.20. The Labute approximate surface area is 281 Å². The van der Waals surface area contributed by atoms with Gasteiger partial charge in [0.15, 0.2) is 6.10 Å². The lowest BCUT2D eigenvalue weighted by Crippen LogP contribution is -2.55. The first-order valence-electron chi connectivity index (χ1n) is 18.4. The summed E-state index contributed by atoms with van der Waals surface area (Å²) in [6.45, 7) is 4.28. The van der Waals surface area contributed by atoms with Crippen molar-refractivity contribution in [2.45, 2.75) is 161 Å². The van der Waals surface area contributed by atoms with Crippen molar-refractivity contribution < 1.29 is 38.2 Å². The maximum atomic E-state index is 12.5. The number of hydrogen-bond acceptors (Lipinski definition) is 7. The van der Waals surface area contributed by atoms with Gasteiger partial charge in [-0.15, -0.1) is 0 Å². The SMILES string of the molecule is CCCCCCC/C=C\C/C=C\CCCCCCCCCCCC(=O)OC(COCCC(C(=O)[O-])[N+](C)(C)C)COC(=O)CCC. The number of likely N-dealkylation sites (N-methyl/N-ethyl adjacent to an activating group) is 1. The zero-order chi connectivity index (χ0) is 34.3. The number of carbonyl (C=O) groups is 3. The van der Waals surface area contributed by atoms with Crippen molar-refractivity contribution in [2.24, 2.45) is 0 Å². The Hall–Kier alpha value is -2.19. The highest BCUT2D eigenvalue weighted by atomic mass is 16.6. The maximum absolute atomic E-state index is 12.5. The van der Waals surface area contributed by atoms with Crippen LogP contribution in [0.1, 0.15) is 149 Å². The lowest BCUT2D eigenvalue weighted by Gasteiger charge is -2.34. The van der Waals surface area contributed by atoms with Crippen LogP contribution >= 0.6 is 0 Å². The minimum absolute atomic E-state index is 0.0367. The van der Waals surface area contributed by atoms with Gasteiger partial charge in [-0.25, -0.2) is 0 Å². The summed E-state index contributed by atoms with van der Waals surface area (Å²) in [5, 5.41) is 11.5. The van der Waals surface area contributed by atoms with Crippen LogP contribution in [0.15, 0.2) is 24.3 Å². The predicted octanol–water partition coefficient (Wildman–Crippen LogP) is 7.63. The zero-order valence-corrected chi connectivity index (χ0v) is 30.2. The first kappa shape index (κ1) is 43.8. The molecule has 0 fully saturated rings. The van der Waals surface area contributed by atoms with E-state index in [4.69, 9.17) is 14.2 Å². The van der Waals surface area contributed by atoms with E-state index in [1.807, 2.05) is 6.92 Å². The minimum Gasteiger partial charge on any atom is -0.544 e. The number of carboxylic acids is 1. The number of carboxylic acid groups (broad SMARTS) is 1. The molecule has 0 aromatic rings. The molecular weight excluding hydrogens is 582 g/mol. The van der Waals surface area contributed by atoms with Gasteiger partial charge in [0.2, 0.25) is 0 Å². The first-order valence-corrected chi connectivity index (χ1v) is 18.4. The largest absolute Gasteiger partial charge is 0.544 e. The standard InChI is InChI=1S/C38H69NO7/c1-6-8-9-10-11-12-13-14-15-16-17-18-19-20-21-22-23-24-25-26-27-29-37(41)46-34(33-45-36(40)28-7-2)32-44-31-30-35(38(42)43)39(3,4)5/h13-14,16-17,34-35H,6-12,15,18-33H2,1-5H3/b14-13-,17-16-. The van der Waals surface area contributed by atoms with E-state index < -0.39 is 18.1 Å². The Balaban J connectivity index is 3.99. The van der Waals surface area contributed by atoms with E-state index in [1.54, 1.807) is 21.1 Å². The van der Waals surface area contributed by atoms with Gasteiger partial charge in [-0.3, -0.25) is 9.59 Å². The molecule has 0 aliphatic heterocycles. The van der Waals surface area contributed by atoms with Crippen LogP contribution in [0.5, 0.6) is 0 Å². The van der Waals surface area contributed by atoms with Crippen molar-refractivity contribution in [1.29, 1.82) is 0 Å². The van der Waals surface area contributed by atoms with Crippen molar-refractivity contribution in [3.63, 3.8) is 0 Å². The van der Waals surface area contributed by atoms with Crippen LogP contribution in [-0.4, -0.2) is 75.5 Å². The second-order valence-corrected chi connectivity index (χ2v) is 13.5. The number of nitrogens with zero attached hydrogens (tertiary/aromatic N) is 1. The third-order valence-electron chi connectivity index (χ3n) is 8.06. The molecule has 0 saturated carbocycles. The van der Waals surface area contributed by atoms with Crippen LogP contribution in [0.25, 0.3) is 0 Å². The summed E-state index contributed by atoms with van der Waals surface area (Å²) < 4.78 is 16.7. The Morgan fingerprint density at radius 2 is 1.20 bits per heavy atom. The zero-order valence-electron chi connectivity index (χ0n) is 30.2. The summed E-state index contributed by atoms with van der Waals surface area (Å²) in [5.41, 5.74) is 0. The van der Waals surface area contributed by atoms with Crippen LogP contribution in [0, 0.1) is 0 Å². The molecule has 0 N–H and O–H groups in total. The maximum Gasteiger partial charge on any atom is 0.306 e. The summed E-state index contributed by atoms with van der Waals surface area (Å²) in [4.78, 5) is 35.8. The average molecular weight is 652 g/mol. The van der Waals surface area contributed by atoms with Crippen molar-refractivity contribution in [2.75, 3.05) is 41.0 Å². The fourth-order valence-corrected chi connectivity index (χ4v) is 5.20. The summed E-state index contributed by atoms with van der Waals surface area (Å²) in [7, 11) is 5.36. The van der Waals surface area contributed by atoms with Gasteiger partial charge in [-0.2, -0.15) is 0 Å². The van der Waals surface area contributed by atoms with E-state index in [1.165, 1.54) is 83.5 Å². The molecule has 0 amide bonds. The van der Waals surface area contributed by atoms with E-state index >= 15 is 0 Å². The van der Waals surface area contributed by atoms with E-state index in [0.717, 1.165) is 25.7 Å². The minimum atomic E-state index is -1.13. The number of aliphatic carboxylic acids is 1. The summed E-state index contributed by atoms with van der Waals surface area (Å²) in [6, 6.07) is -0.720. The molecule has 268 valence electrons. The average Bonchev–Trinajstić information content (AvgIpc) is 2.99. The Bertz CT molecular complexity index is 818. The highest BCUT2D eigenvalue weighted by molar-refractivity contribution is 5.70. The van der Waals surface area contributed by atoms with Gasteiger partial charge in [0.25, 0.3) is 0 Å². The quantitative estimate of drug-likeness (QED) is 0.0319. The molecule has 0 spiro atoms. The molecular formula is C38H69NO7. The molecule has 0 bridgehead atoms. The molecule has 0 heterocycles. The van der Waals surface area contributed by atoms with Gasteiger partial charge in [0, 0.05) is 19.3 Å². The van der Waals surface area contributed by atoms with Crippen molar-refractivity contribution in [3.8, 4) is 0 Å². The normalized spacial score (nSPS) is 13.3. The first-order chi connectivity index (χ1) is 22.1. The highest BCUT2D eigenvalue weighted by Gasteiger charge is 2.25. The number of unbranched alkanes of at least 4 members (excludes halogenated alkanes) is 14. The second kappa shape index (κ2) is 30.2. The fraction of sp³-hybridized carbons (Fsp3) is 0.816. The molecule has 0 aliphatic carbocycles. The molecule has 2 atom stereocenters. The van der Waals surface area contributed by atoms with Crippen LogP contribution in [0.2, 0.25) is 0 Å². The predicted molar refractivity (Wildman–Crippen MR) is 185 cm³/mol. The summed E-state index contributed by atoms with van der Waals surface area (Å²) >= 11 is 0. The van der Waals surface area contributed by atoms with E-state index in [2.05, 4.69) is 31.2 Å². The van der Waals surface area contributed by atoms with Gasteiger partial charge in [-0.05, 0) is 44.9 Å². The van der Waals surface area contributed by atoms with Crippen LogP contribution in [0.3, 0.4) is 0 Å². The number of allylic oxidation sites excluding steroid dienone is 4. The number of esters is 2. The monoisotopic (exact) mass is 652 g/mol. The molecule has 8 heteroatoms. The number of hydrogen-bond donors (Lipinski definition) is 0. The van der Waals surface area contributed by atoms with Gasteiger partial charge in [-0.1, -0.05) is 109 Å². The second-order valence-electron chi connectivity index (χ2n) is 13.5. The van der Waals surface area contributed by atoms with E-state index in [9.17, 15) is 19.5 Å². The molecule has 0 saturated heterocycles. The van der Waals surface area contributed by atoms with Gasteiger partial charge in [0.1, 0.15) is 12.6 Å². The highest BCUT2D eigenvalue weighted by Crippen LogP contribution is 2.13. The Morgan fingerprint density at radius 3 is 1.72 bits per heavy atom. The molecule has 2 unspecified atom stereocenters. The summed E-state index contributed by atoms with van der Waals surface area (Å²) in [6.07, 6.45) is 30.6. The molecule has 0 radical (unpaired) electrons. The van der Waals surface area contributed by atoms with Gasteiger partial charge >= 0.3 is 11.9 Å². The summed E-state index contributed by atoms with van der Waals surface area (Å²) in [5.74, 6) is -1.81. The van der Waals surface area contributed by atoms with E-state index in [0.29, 0.717) is 19.3 Å². The Morgan fingerprint density at radius 1 is 0.652 bits per heavy atom. The smallest absolute Gasteiger partial charge is 0.306 e. The van der Waals surface area contributed by atoms with Crippen LogP contribution < -0.4 is 5.11 Å².